The topological polar surface area (TPSA) is 9.23 Å². The lowest BCUT2D eigenvalue weighted by molar-refractivity contribution is 0.105. The Hall–Kier alpha value is -0.890. The summed E-state index contributed by atoms with van der Waals surface area (Å²) in [6.45, 7) is 8.96. The molecule has 19 heavy (non-hydrogen) atoms. The van der Waals surface area contributed by atoms with Gasteiger partial charge in [0.15, 0.2) is 0 Å². The molecule has 2 atom stereocenters. The van der Waals surface area contributed by atoms with Gasteiger partial charge in [0.25, 0.3) is 0 Å². The van der Waals surface area contributed by atoms with Gasteiger partial charge >= 0.3 is 0 Å². The highest BCUT2D eigenvalue weighted by Crippen LogP contribution is 2.43. The van der Waals surface area contributed by atoms with Gasteiger partial charge < -0.3 is 4.74 Å². The maximum atomic E-state index is 6.07. The highest BCUT2D eigenvalue weighted by Gasteiger charge is 2.31. The number of hydrogen-bond donors (Lipinski definition) is 0. The van der Waals surface area contributed by atoms with Crippen molar-refractivity contribution in [1.29, 1.82) is 0 Å². The minimum atomic E-state index is 0.369. The Morgan fingerprint density at radius 2 is 1.89 bits per heavy atom. The second kappa shape index (κ2) is 6.51. The van der Waals surface area contributed by atoms with Crippen LogP contribution in [-0.2, 0) is 4.74 Å². The van der Waals surface area contributed by atoms with Gasteiger partial charge in [0.1, 0.15) is 11.9 Å². The molecule has 0 amide bonds. The van der Waals surface area contributed by atoms with Crippen molar-refractivity contribution in [2.45, 2.75) is 51.5 Å². The van der Waals surface area contributed by atoms with Crippen LogP contribution in [0.5, 0.6) is 0 Å². The van der Waals surface area contributed by atoms with Crippen molar-refractivity contribution < 1.29 is 4.74 Å². The molecule has 104 valence electrons. The fourth-order valence-corrected chi connectivity index (χ4v) is 3.54. The molecule has 1 aliphatic rings. The predicted octanol–water partition coefficient (Wildman–Crippen LogP) is 5.48. The fraction of sp³-hybridized carbons (Fsp3) is 0.529. The molecule has 0 saturated carbocycles. The Morgan fingerprint density at radius 3 is 2.53 bits per heavy atom. The fourth-order valence-electron chi connectivity index (χ4n) is 2.46. The third-order valence-corrected chi connectivity index (χ3v) is 5.03. The summed E-state index contributed by atoms with van der Waals surface area (Å²) in [5, 5.41) is 0. The van der Waals surface area contributed by atoms with Gasteiger partial charge in [-0.25, -0.2) is 0 Å². The third kappa shape index (κ3) is 3.79. The Bertz CT molecular complexity index is 436. The standard InChI is InChI=1S/C17H24OS/c1-12(2)10-11-16-13(3)17(14(4)18-16)19-15-8-6-5-7-9-15/h5-9,12-13,16H,10-11H2,1-4H3. The summed E-state index contributed by atoms with van der Waals surface area (Å²) in [6, 6.07) is 10.6. The van der Waals surface area contributed by atoms with Gasteiger partial charge in [0, 0.05) is 15.7 Å². The summed E-state index contributed by atoms with van der Waals surface area (Å²) in [7, 11) is 0. The van der Waals surface area contributed by atoms with Crippen molar-refractivity contribution in [3.8, 4) is 0 Å². The van der Waals surface area contributed by atoms with Gasteiger partial charge in [-0.05, 0) is 37.8 Å². The first-order valence-corrected chi connectivity index (χ1v) is 8.00. The summed E-state index contributed by atoms with van der Waals surface area (Å²) >= 11 is 1.86. The van der Waals surface area contributed by atoms with Crippen LogP contribution >= 0.6 is 11.8 Å². The summed E-state index contributed by atoms with van der Waals surface area (Å²) in [4.78, 5) is 2.71. The van der Waals surface area contributed by atoms with E-state index >= 15 is 0 Å². The summed E-state index contributed by atoms with van der Waals surface area (Å²) in [5.41, 5.74) is 0. The van der Waals surface area contributed by atoms with Crippen LogP contribution in [0.25, 0.3) is 0 Å². The van der Waals surface area contributed by atoms with E-state index < -0.39 is 0 Å². The van der Waals surface area contributed by atoms with Crippen LogP contribution in [0.2, 0.25) is 0 Å². The van der Waals surface area contributed by atoms with Gasteiger partial charge in [-0.15, -0.1) is 0 Å². The normalized spacial score (nSPS) is 23.0. The van der Waals surface area contributed by atoms with Gasteiger partial charge in [-0.2, -0.15) is 0 Å². The second-order valence-electron chi connectivity index (χ2n) is 5.75. The summed E-state index contributed by atoms with van der Waals surface area (Å²) in [5.74, 6) is 2.39. The van der Waals surface area contributed by atoms with Crippen LogP contribution in [0.1, 0.15) is 40.5 Å². The minimum Gasteiger partial charge on any atom is -0.494 e. The zero-order chi connectivity index (χ0) is 13.8. The van der Waals surface area contributed by atoms with Crippen molar-refractivity contribution in [3.05, 3.63) is 41.0 Å². The zero-order valence-electron chi connectivity index (χ0n) is 12.3. The van der Waals surface area contributed by atoms with Crippen molar-refractivity contribution in [1.82, 2.24) is 0 Å². The molecule has 1 heterocycles. The van der Waals surface area contributed by atoms with Crippen LogP contribution in [0.4, 0.5) is 0 Å². The van der Waals surface area contributed by atoms with Crippen molar-refractivity contribution in [2.75, 3.05) is 0 Å². The minimum absolute atomic E-state index is 0.369. The second-order valence-corrected chi connectivity index (χ2v) is 6.87. The lowest BCUT2D eigenvalue weighted by atomic mass is 9.97. The molecule has 0 bridgehead atoms. The van der Waals surface area contributed by atoms with Gasteiger partial charge in [-0.3, -0.25) is 0 Å². The van der Waals surface area contributed by atoms with E-state index in [1.165, 1.54) is 16.2 Å². The van der Waals surface area contributed by atoms with Gasteiger partial charge in [0.2, 0.25) is 0 Å². The predicted molar refractivity (Wildman–Crippen MR) is 83.1 cm³/mol. The average Bonchev–Trinajstić information content (AvgIpc) is 2.65. The first-order valence-electron chi connectivity index (χ1n) is 7.18. The molecule has 0 saturated heterocycles. The van der Waals surface area contributed by atoms with Crippen LogP contribution in [-0.4, -0.2) is 6.10 Å². The van der Waals surface area contributed by atoms with Gasteiger partial charge in [-0.1, -0.05) is 50.7 Å². The molecule has 1 aliphatic heterocycles. The van der Waals surface area contributed by atoms with Crippen LogP contribution in [0.15, 0.2) is 45.9 Å². The molecule has 1 nitrogen and oxygen atoms in total. The van der Waals surface area contributed by atoms with Crippen LogP contribution < -0.4 is 0 Å². The molecule has 2 rings (SSSR count). The van der Waals surface area contributed by atoms with Crippen LogP contribution in [0, 0.1) is 11.8 Å². The number of rotatable bonds is 5. The third-order valence-electron chi connectivity index (χ3n) is 3.65. The van der Waals surface area contributed by atoms with Crippen molar-refractivity contribution in [2.24, 2.45) is 11.8 Å². The molecule has 0 spiro atoms. The highest BCUT2D eigenvalue weighted by molar-refractivity contribution is 8.03. The van der Waals surface area contributed by atoms with E-state index in [0.29, 0.717) is 12.0 Å². The van der Waals surface area contributed by atoms with E-state index in [9.17, 15) is 0 Å². The number of thioether (sulfide) groups is 1. The molecule has 2 heteroatoms. The Morgan fingerprint density at radius 1 is 1.21 bits per heavy atom. The van der Waals surface area contributed by atoms with E-state index in [0.717, 1.165) is 18.1 Å². The summed E-state index contributed by atoms with van der Waals surface area (Å²) in [6.07, 6.45) is 2.77. The lowest BCUT2D eigenvalue weighted by Gasteiger charge is -2.18. The number of ether oxygens (including phenoxy) is 1. The first-order chi connectivity index (χ1) is 9.08. The van der Waals surface area contributed by atoms with E-state index in [4.69, 9.17) is 4.74 Å². The van der Waals surface area contributed by atoms with Crippen LogP contribution in [0.3, 0.4) is 0 Å². The van der Waals surface area contributed by atoms with Gasteiger partial charge in [0.05, 0.1) is 0 Å². The van der Waals surface area contributed by atoms with Crippen molar-refractivity contribution >= 4 is 11.8 Å². The molecule has 0 aromatic heterocycles. The molecule has 0 radical (unpaired) electrons. The molecule has 1 aromatic carbocycles. The largest absolute Gasteiger partial charge is 0.494 e. The highest BCUT2D eigenvalue weighted by atomic mass is 32.2. The van der Waals surface area contributed by atoms with E-state index in [-0.39, 0.29) is 0 Å². The molecule has 0 fully saturated rings. The molecule has 0 aliphatic carbocycles. The van der Waals surface area contributed by atoms with E-state index in [2.05, 4.69) is 58.0 Å². The monoisotopic (exact) mass is 276 g/mol. The molecule has 2 unspecified atom stereocenters. The average molecular weight is 276 g/mol. The maximum Gasteiger partial charge on any atom is 0.105 e. The Balaban J connectivity index is 1.99. The zero-order valence-corrected chi connectivity index (χ0v) is 13.2. The number of allylic oxidation sites excluding steroid dienone is 1. The number of benzene rings is 1. The quantitative estimate of drug-likeness (QED) is 0.704. The molecular formula is C17H24OS. The first kappa shape index (κ1) is 14.5. The molecule has 1 aromatic rings. The Kier molecular flexibility index (Phi) is 4.98. The lowest BCUT2D eigenvalue weighted by Crippen LogP contribution is -2.16. The SMILES string of the molecule is CC1=C(Sc2ccccc2)C(C)C(CCC(C)C)O1. The number of hydrogen-bond acceptors (Lipinski definition) is 2. The molecule has 0 N–H and O–H groups in total. The van der Waals surface area contributed by atoms with Crippen molar-refractivity contribution in [3.63, 3.8) is 0 Å². The van der Waals surface area contributed by atoms with E-state index in [1.54, 1.807) is 0 Å². The summed E-state index contributed by atoms with van der Waals surface area (Å²) < 4.78 is 6.07. The smallest absolute Gasteiger partial charge is 0.105 e. The molecular weight excluding hydrogens is 252 g/mol. The van der Waals surface area contributed by atoms with E-state index in [1.807, 2.05) is 11.8 Å². The maximum absolute atomic E-state index is 6.07. The Labute approximate surface area is 121 Å².